The molecule has 0 fully saturated rings. The fourth-order valence-corrected chi connectivity index (χ4v) is 2.86. The number of nitrogens with zero attached hydrogens (tertiary/aromatic N) is 1. The third-order valence-electron chi connectivity index (χ3n) is 3.89. The van der Waals surface area contributed by atoms with Gasteiger partial charge in [-0.25, -0.2) is 0 Å². The number of anilines is 1. The molecule has 0 amide bonds. The molecule has 3 nitrogen and oxygen atoms in total. The second kappa shape index (κ2) is 9.20. The lowest BCUT2D eigenvalue weighted by atomic mass is 10.2. The molecule has 0 atom stereocenters. The van der Waals surface area contributed by atoms with E-state index in [-0.39, 0.29) is 5.69 Å². The van der Waals surface area contributed by atoms with Gasteiger partial charge in [0.15, 0.2) is 0 Å². The molecule has 8 heteroatoms. The van der Waals surface area contributed by atoms with E-state index < -0.39 is 11.7 Å². The molecule has 150 valence electrons. The van der Waals surface area contributed by atoms with Crippen molar-refractivity contribution in [3.8, 4) is 5.75 Å². The van der Waals surface area contributed by atoms with Crippen molar-refractivity contribution >= 4 is 35.1 Å². The van der Waals surface area contributed by atoms with Crippen LogP contribution in [0.3, 0.4) is 0 Å². The van der Waals surface area contributed by atoms with Crippen LogP contribution in [-0.2, 0) is 12.8 Å². The van der Waals surface area contributed by atoms with Gasteiger partial charge in [-0.1, -0.05) is 35.3 Å². The highest BCUT2D eigenvalue weighted by Gasteiger charge is 2.30. The summed E-state index contributed by atoms with van der Waals surface area (Å²) in [5, 5.41) is 5.05. The van der Waals surface area contributed by atoms with E-state index >= 15 is 0 Å². The van der Waals surface area contributed by atoms with E-state index in [0.717, 1.165) is 23.3 Å². The quantitative estimate of drug-likeness (QED) is 0.330. The minimum atomic E-state index is -4.40. The van der Waals surface area contributed by atoms with Crippen LogP contribution in [0.15, 0.2) is 71.8 Å². The van der Waals surface area contributed by atoms with E-state index in [4.69, 9.17) is 27.9 Å². The predicted octanol–water partition coefficient (Wildman–Crippen LogP) is 7.04. The standard InChI is InChI=1S/C21H15Cl2F3N2O/c22-17-7-6-15(20(23)11-17)13-29-19-8-4-14(5-9-19)12-27-28-18-3-1-2-16(10-18)21(24,25)26/h1-12,28H,13H2. The minimum absolute atomic E-state index is 0.246. The number of hydrazone groups is 1. The maximum atomic E-state index is 12.7. The van der Waals surface area contributed by atoms with Crippen LogP contribution in [0.5, 0.6) is 5.75 Å². The van der Waals surface area contributed by atoms with Gasteiger partial charge in [0.1, 0.15) is 12.4 Å². The number of hydrogen-bond donors (Lipinski definition) is 1. The van der Waals surface area contributed by atoms with Crippen molar-refractivity contribution in [2.24, 2.45) is 5.10 Å². The van der Waals surface area contributed by atoms with E-state index in [0.29, 0.717) is 22.4 Å². The predicted molar refractivity (Wildman–Crippen MR) is 110 cm³/mol. The van der Waals surface area contributed by atoms with Gasteiger partial charge in [0, 0.05) is 15.6 Å². The van der Waals surface area contributed by atoms with E-state index in [1.165, 1.54) is 18.3 Å². The third kappa shape index (κ3) is 6.14. The molecule has 0 aliphatic carbocycles. The molecule has 3 rings (SSSR count). The zero-order chi connectivity index (χ0) is 20.9. The normalized spacial score (nSPS) is 11.6. The number of halogens is 5. The highest BCUT2D eigenvalue weighted by molar-refractivity contribution is 6.35. The topological polar surface area (TPSA) is 33.6 Å². The van der Waals surface area contributed by atoms with Gasteiger partial charge in [0.05, 0.1) is 17.5 Å². The summed E-state index contributed by atoms with van der Waals surface area (Å²) in [4.78, 5) is 0. The number of ether oxygens (including phenoxy) is 1. The molecule has 0 aromatic heterocycles. The first-order chi connectivity index (χ1) is 13.8. The van der Waals surface area contributed by atoms with E-state index in [1.54, 1.807) is 42.5 Å². The van der Waals surface area contributed by atoms with Gasteiger partial charge in [0.2, 0.25) is 0 Å². The molecule has 0 radical (unpaired) electrons. The van der Waals surface area contributed by atoms with Crippen LogP contribution in [0.2, 0.25) is 10.0 Å². The van der Waals surface area contributed by atoms with Gasteiger partial charge in [-0.3, -0.25) is 5.43 Å². The average molecular weight is 439 g/mol. The summed E-state index contributed by atoms with van der Waals surface area (Å²) in [5.74, 6) is 0.638. The van der Waals surface area contributed by atoms with Gasteiger partial charge in [0.25, 0.3) is 0 Å². The molecule has 0 unspecified atom stereocenters. The monoisotopic (exact) mass is 438 g/mol. The molecule has 0 heterocycles. The van der Waals surface area contributed by atoms with E-state index in [1.807, 2.05) is 0 Å². The highest BCUT2D eigenvalue weighted by atomic mass is 35.5. The van der Waals surface area contributed by atoms with Crippen molar-refractivity contribution in [3.05, 3.63) is 93.5 Å². The fraction of sp³-hybridized carbons (Fsp3) is 0.0952. The van der Waals surface area contributed by atoms with Crippen LogP contribution in [0.1, 0.15) is 16.7 Å². The first-order valence-corrected chi connectivity index (χ1v) is 9.20. The van der Waals surface area contributed by atoms with Crippen molar-refractivity contribution in [2.45, 2.75) is 12.8 Å². The molecule has 0 saturated carbocycles. The van der Waals surface area contributed by atoms with Crippen LogP contribution in [0.25, 0.3) is 0 Å². The average Bonchev–Trinajstić information content (AvgIpc) is 2.68. The summed E-state index contributed by atoms with van der Waals surface area (Å²) in [6.45, 7) is 0.292. The zero-order valence-corrected chi connectivity index (χ0v) is 16.4. The fourth-order valence-electron chi connectivity index (χ4n) is 2.40. The summed E-state index contributed by atoms with van der Waals surface area (Å²) >= 11 is 12.0. The van der Waals surface area contributed by atoms with Crippen LogP contribution >= 0.6 is 23.2 Å². The molecular formula is C21H15Cl2F3N2O. The molecule has 0 bridgehead atoms. The maximum absolute atomic E-state index is 12.7. The zero-order valence-electron chi connectivity index (χ0n) is 14.9. The first kappa shape index (κ1) is 21.0. The number of benzene rings is 3. The first-order valence-electron chi connectivity index (χ1n) is 8.44. The van der Waals surface area contributed by atoms with Crippen LogP contribution in [0.4, 0.5) is 18.9 Å². The summed E-state index contributed by atoms with van der Waals surface area (Å²) in [7, 11) is 0. The Balaban J connectivity index is 1.56. The van der Waals surface area contributed by atoms with Gasteiger partial charge in [-0.05, 0) is 60.2 Å². The highest BCUT2D eigenvalue weighted by Crippen LogP contribution is 2.30. The minimum Gasteiger partial charge on any atom is -0.489 e. The number of rotatable bonds is 6. The van der Waals surface area contributed by atoms with E-state index in [9.17, 15) is 13.2 Å². The third-order valence-corrected chi connectivity index (χ3v) is 4.47. The SMILES string of the molecule is FC(F)(F)c1cccc(NN=Cc2ccc(OCc3ccc(Cl)cc3Cl)cc2)c1. The molecular weight excluding hydrogens is 424 g/mol. The largest absolute Gasteiger partial charge is 0.489 e. The van der Waals surface area contributed by atoms with Crippen molar-refractivity contribution in [1.82, 2.24) is 0 Å². The molecule has 3 aromatic rings. The van der Waals surface area contributed by atoms with Crippen molar-refractivity contribution in [1.29, 1.82) is 0 Å². The summed E-state index contributed by atoms with van der Waals surface area (Å²) < 4.78 is 43.8. The van der Waals surface area contributed by atoms with Gasteiger partial charge in [-0.2, -0.15) is 18.3 Å². The lowest BCUT2D eigenvalue weighted by Crippen LogP contribution is -2.05. The van der Waals surface area contributed by atoms with E-state index in [2.05, 4.69) is 10.5 Å². The maximum Gasteiger partial charge on any atom is 0.416 e. The number of nitrogens with one attached hydrogen (secondary N) is 1. The Bertz CT molecular complexity index is 1010. The molecule has 0 spiro atoms. The Hall–Kier alpha value is -2.70. The Kier molecular flexibility index (Phi) is 6.67. The second-order valence-electron chi connectivity index (χ2n) is 6.04. The van der Waals surface area contributed by atoms with Gasteiger partial charge < -0.3 is 4.74 Å². The molecule has 29 heavy (non-hydrogen) atoms. The van der Waals surface area contributed by atoms with Crippen LogP contribution in [-0.4, -0.2) is 6.21 Å². The molecule has 0 aliphatic heterocycles. The number of hydrogen-bond acceptors (Lipinski definition) is 3. The summed E-state index contributed by atoms with van der Waals surface area (Å²) in [6.07, 6.45) is -2.90. The van der Waals surface area contributed by atoms with Gasteiger partial charge >= 0.3 is 6.18 Å². The van der Waals surface area contributed by atoms with Crippen LogP contribution in [0, 0.1) is 0 Å². The molecule has 3 aromatic carbocycles. The second-order valence-corrected chi connectivity index (χ2v) is 6.89. The molecule has 0 saturated heterocycles. The van der Waals surface area contributed by atoms with Crippen molar-refractivity contribution < 1.29 is 17.9 Å². The Labute approximate surface area is 175 Å². The summed E-state index contributed by atoms with van der Waals surface area (Å²) in [6, 6.07) is 17.1. The van der Waals surface area contributed by atoms with Crippen molar-refractivity contribution in [3.63, 3.8) is 0 Å². The lowest BCUT2D eigenvalue weighted by molar-refractivity contribution is -0.137. The molecule has 0 aliphatic rings. The summed E-state index contributed by atoms with van der Waals surface area (Å²) in [5.41, 5.74) is 3.66. The molecule has 1 N–H and O–H groups in total. The van der Waals surface area contributed by atoms with Crippen LogP contribution < -0.4 is 10.2 Å². The lowest BCUT2D eigenvalue weighted by Gasteiger charge is -2.08. The van der Waals surface area contributed by atoms with Gasteiger partial charge in [-0.15, -0.1) is 0 Å². The smallest absolute Gasteiger partial charge is 0.416 e. The Morgan fingerprint density at radius 1 is 0.966 bits per heavy atom. The Morgan fingerprint density at radius 2 is 1.72 bits per heavy atom. The van der Waals surface area contributed by atoms with Crippen molar-refractivity contribution in [2.75, 3.05) is 5.43 Å². The Morgan fingerprint density at radius 3 is 2.41 bits per heavy atom. The number of alkyl halides is 3.